The third-order valence-electron chi connectivity index (χ3n) is 6.76. The molecule has 11 nitrogen and oxygen atoms in total. The Balaban J connectivity index is 1.22. The Kier molecular flexibility index (Phi) is 8.54. The average molecular weight is 512 g/mol. The van der Waals surface area contributed by atoms with E-state index in [1.807, 2.05) is 16.8 Å². The fraction of sp³-hybridized carbons (Fsp3) is 0.500. The molecule has 198 valence electrons. The molecule has 1 unspecified atom stereocenters. The van der Waals surface area contributed by atoms with Crippen molar-refractivity contribution in [2.75, 3.05) is 51.8 Å². The zero-order valence-corrected chi connectivity index (χ0v) is 21.0. The summed E-state index contributed by atoms with van der Waals surface area (Å²) in [6, 6.07) is 3.94. The smallest absolute Gasteiger partial charge is 0.264 e. The van der Waals surface area contributed by atoms with E-state index >= 15 is 0 Å². The Labute approximate surface area is 215 Å². The van der Waals surface area contributed by atoms with E-state index in [-0.39, 0.29) is 29.9 Å². The van der Waals surface area contributed by atoms with Gasteiger partial charge < -0.3 is 19.9 Å². The number of hydrogen-bond donors (Lipinski definition) is 2. The minimum Gasteiger partial charge on any atom is -0.382 e. The summed E-state index contributed by atoms with van der Waals surface area (Å²) in [7, 11) is 1.88. The van der Waals surface area contributed by atoms with E-state index in [0.29, 0.717) is 32.0 Å². The number of nitrogens with zero attached hydrogens (tertiary/aromatic N) is 3. The number of ether oxygens (including phenoxy) is 1. The lowest BCUT2D eigenvalue weighted by atomic mass is 10.0. The summed E-state index contributed by atoms with van der Waals surface area (Å²) < 4.78 is 5.68. The number of benzene rings is 1. The van der Waals surface area contributed by atoms with Crippen LogP contribution < -0.4 is 10.6 Å². The molecule has 3 aliphatic heterocycles. The predicted octanol–water partition coefficient (Wildman–Crippen LogP) is 0.974. The fourth-order valence-electron chi connectivity index (χ4n) is 4.72. The zero-order chi connectivity index (χ0) is 26.4. The third-order valence-corrected chi connectivity index (χ3v) is 6.76. The minimum atomic E-state index is -0.998. The summed E-state index contributed by atoms with van der Waals surface area (Å²) in [6.45, 7) is 3.48. The highest BCUT2D eigenvalue weighted by atomic mass is 16.5. The minimum absolute atomic E-state index is 0.0382. The zero-order valence-electron chi connectivity index (χ0n) is 21.0. The number of fused-ring (bicyclic) bond motifs is 1. The molecule has 0 bridgehead atoms. The van der Waals surface area contributed by atoms with E-state index < -0.39 is 29.7 Å². The van der Waals surface area contributed by atoms with Crippen LogP contribution in [0.1, 0.15) is 52.8 Å². The van der Waals surface area contributed by atoms with Gasteiger partial charge in [0.05, 0.1) is 24.3 Å². The molecule has 37 heavy (non-hydrogen) atoms. The van der Waals surface area contributed by atoms with Gasteiger partial charge in [0.1, 0.15) is 6.04 Å². The number of nitrogens with one attached hydrogen (secondary N) is 2. The van der Waals surface area contributed by atoms with E-state index in [1.165, 1.54) is 6.42 Å². The summed E-state index contributed by atoms with van der Waals surface area (Å²) in [4.78, 5) is 66.6. The first-order chi connectivity index (χ1) is 17.9. The van der Waals surface area contributed by atoms with E-state index in [0.717, 1.165) is 30.8 Å². The number of amides is 5. The topological polar surface area (TPSA) is 128 Å². The molecule has 2 fully saturated rings. The van der Waals surface area contributed by atoms with Gasteiger partial charge in [-0.2, -0.15) is 0 Å². The fourth-order valence-corrected chi connectivity index (χ4v) is 4.72. The molecular weight excluding hydrogens is 478 g/mol. The number of imide groups is 2. The highest BCUT2D eigenvalue weighted by molar-refractivity contribution is 6.25. The third kappa shape index (κ3) is 6.16. The second-order valence-electron chi connectivity index (χ2n) is 9.40. The SMILES string of the molecule is CN(/C=C/C(=O)N1CCCCC1)CCOCCNc1cccc2c1C(=O)N(C1CCC(=O)NC1=O)C2=O. The van der Waals surface area contributed by atoms with Gasteiger partial charge in [-0.15, -0.1) is 0 Å². The maximum absolute atomic E-state index is 13.1. The van der Waals surface area contributed by atoms with Crippen LogP contribution in [0, 0.1) is 0 Å². The van der Waals surface area contributed by atoms with Crippen LogP contribution in [-0.2, 0) is 19.1 Å². The number of carbonyl (C=O) groups excluding carboxylic acids is 5. The Morgan fingerprint density at radius 1 is 1.14 bits per heavy atom. The molecule has 4 rings (SSSR count). The summed E-state index contributed by atoms with van der Waals surface area (Å²) in [5.41, 5.74) is 0.944. The molecule has 1 aromatic rings. The lowest BCUT2D eigenvalue weighted by Crippen LogP contribution is -2.54. The van der Waals surface area contributed by atoms with Crippen LogP contribution in [0.25, 0.3) is 0 Å². The van der Waals surface area contributed by atoms with Crippen molar-refractivity contribution in [1.29, 1.82) is 0 Å². The Morgan fingerprint density at radius 3 is 2.68 bits per heavy atom. The predicted molar refractivity (Wildman–Crippen MR) is 135 cm³/mol. The second kappa shape index (κ2) is 12.0. The molecule has 3 heterocycles. The number of anilines is 1. The highest BCUT2D eigenvalue weighted by Gasteiger charge is 2.45. The number of rotatable bonds is 10. The molecule has 5 amide bonds. The first-order valence-electron chi connectivity index (χ1n) is 12.7. The molecule has 0 spiro atoms. The molecule has 1 atom stereocenters. The van der Waals surface area contributed by atoms with Gasteiger partial charge in [0.25, 0.3) is 11.8 Å². The van der Waals surface area contributed by atoms with Gasteiger partial charge in [-0.1, -0.05) is 6.07 Å². The number of carbonyl (C=O) groups is 5. The Hall–Kier alpha value is -3.73. The van der Waals surface area contributed by atoms with Crippen molar-refractivity contribution < 1.29 is 28.7 Å². The lowest BCUT2D eigenvalue weighted by Gasteiger charge is -2.27. The monoisotopic (exact) mass is 511 g/mol. The van der Waals surface area contributed by atoms with Crippen molar-refractivity contribution in [3.63, 3.8) is 0 Å². The summed E-state index contributed by atoms with van der Waals surface area (Å²) in [5.74, 6) is -2.09. The van der Waals surface area contributed by atoms with Gasteiger partial charge in [0.2, 0.25) is 17.7 Å². The van der Waals surface area contributed by atoms with Crippen LogP contribution in [0.5, 0.6) is 0 Å². The largest absolute Gasteiger partial charge is 0.382 e. The number of piperidine rings is 2. The molecule has 1 aromatic carbocycles. The van der Waals surface area contributed by atoms with Crippen LogP contribution in [-0.4, -0.2) is 96.7 Å². The van der Waals surface area contributed by atoms with Crippen LogP contribution in [0.3, 0.4) is 0 Å². The van der Waals surface area contributed by atoms with Crippen molar-refractivity contribution in [3.8, 4) is 0 Å². The normalized spacial score (nSPS) is 19.9. The molecule has 2 N–H and O–H groups in total. The second-order valence-corrected chi connectivity index (χ2v) is 9.40. The van der Waals surface area contributed by atoms with Crippen LogP contribution >= 0.6 is 0 Å². The molecular formula is C26H33N5O6. The first-order valence-corrected chi connectivity index (χ1v) is 12.7. The van der Waals surface area contributed by atoms with Gasteiger partial charge in [0, 0.05) is 57.6 Å². The van der Waals surface area contributed by atoms with Crippen molar-refractivity contribution in [1.82, 2.24) is 20.0 Å². The Morgan fingerprint density at radius 2 is 1.92 bits per heavy atom. The van der Waals surface area contributed by atoms with Gasteiger partial charge in [-0.05, 0) is 37.8 Å². The molecule has 0 radical (unpaired) electrons. The maximum Gasteiger partial charge on any atom is 0.264 e. The van der Waals surface area contributed by atoms with E-state index in [2.05, 4.69) is 10.6 Å². The Bertz CT molecular complexity index is 1100. The van der Waals surface area contributed by atoms with Crippen LogP contribution in [0.2, 0.25) is 0 Å². The average Bonchev–Trinajstić information content (AvgIpc) is 3.15. The van der Waals surface area contributed by atoms with E-state index in [9.17, 15) is 24.0 Å². The standard InChI is InChI=1S/C26H33N5O6/c1-29(14-10-22(33)30-12-3-2-4-13-30)15-17-37-16-11-27-19-7-5-6-18-23(19)26(36)31(25(18)35)20-8-9-21(32)28-24(20)34/h5-7,10,14,20,27H,2-4,8-9,11-13,15-17H2,1H3,(H,28,32,34)/b14-10+. The molecule has 0 aromatic heterocycles. The van der Waals surface area contributed by atoms with Crippen LogP contribution in [0.4, 0.5) is 5.69 Å². The number of hydrogen-bond acceptors (Lipinski definition) is 8. The molecule has 0 aliphatic carbocycles. The van der Waals surface area contributed by atoms with E-state index in [4.69, 9.17) is 4.74 Å². The molecule has 0 saturated carbocycles. The summed E-state index contributed by atoms with van der Waals surface area (Å²) >= 11 is 0. The highest BCUT2D eigenvalue weighted by Crippen LogP contribution is 2.32. The number of likely N-dealkylation sites (tertiary alicyclic amines) is 1. The van der Waals surface area contributed by atoms with Crippen molar-refractivity contribution in [3.05, 3.63) is 41.6 Å². The summed E-state index contributed by atoms with van der Waals surface area (Å²) in [5, 5.41) is 5.34. The molecule has 3 aliphatic rings. The van der Waals surface area contributed by atoms with Gasteiger partial charge in [-0.25, -0.2) is 0 Å². The van der Waals surface area contributed by atoms with Crippen molar-refractivity contribution >= 4 is 35.2 Å². The molecule has 11 heteroatoms. The summed E-state index contributed by atoms with van der Waals surface area (Å²) in [6.07, 6.45) is 6.86. The lowest BCUT2D eigenvalue weighted by molar-refractivity contribution is -0.136. The van der Waals surface area contributed by atoms with Crippen molar-refractivity contribution in [2.24, 2.45) is 0 Å². The van der Waals surface area contributed by atoms with Gasteiger partial charge in [-0.3, -0.25) is 34.2 Å². The maximum atomic E-state index is 13.1. The molecule has 2 saturated heterocycles. The first kappa shape index (κ1) is 26.3. The van der Waals surface area contributed by atoms with Gasteiger partial charge >= 0.3 is 0 Å². The van der Waals surface area contributed by atoms with E-state index in [1.54, 1.807) is 30.5 Å². The van der Waals surface area contributed by atoms with Gasteiger partial charge in [0.15, 0.2) is 0 Å². The number of likely N-dealkylation sites (N-methyl/N-ethyl adjacent to an activating group) is 1. The van der Waals surface area contributed by atoms with Crippen LogP contribution in [0.15, 0.2) is 30.5 Å². The quantitative estimate of drug-likeness (QED) is 0.270. The van der Waals surface area contributed by atoms with Crippen molar-refractivity contribution in [2.45, 2.75) is 38.1 Å².